The number of hydrogen-bond donors (Lipinski definition) is 2. The van der Waals surface area contributed by atoms with Gasteiger partial charge >= 0.3 is 11.9 Å². The summed E-state index contributed by atoms with van der Waals surface area (Å²) >= 11 is 0. The first-order valence-electron chi connectivity index (χ1n) is 12.4. The summed E-state index contributed by atoms with van der Waals surface area (Å²) in [5.74, 6) is -0.326. The molecule has 5 atom stereocenters. The Morgan fingerprint density at radius 2 is 1.81 bits per heavy atom. The number of ether oxygens (including phenoxy) is 2. The SMILES string of the molecule is CCOC(CC)(CC)C(=O)O[C@H]1C[C@H](O)C=C2C=C[C@H](C)[C@H](CCCCCCC(=O)O)[C@H]21. The number of rotatable bonds is 13. The first-order chi connectivity index (χ1) is 15.3. The third-order valence-electron chi connectivity index (χ3n) is 7.24. The molecule has 0 saturated carbocycles. The van der Waals surface area contributed by atoms with Crippen molar-refractivity contribution in [2.24, 2.45) is 17.8 Å². The van der Waals surface area contributed by atoms with Crippen molar-refractivity contribution in [3.63, 3.8) is 0 Å². The quantitative estimate of drug-likeness (QED) is 0.301. The lowest BCUT2D eigenvalue weighted by Gasteiger charge is -2.43. The molecule has 0 spiro atoms. The Morgan fingerprint density at radius 3 is 2.44 bits per heavy atom. The number of carboxylic acids is 1. The van der Waals surface area contributed by atoms with Gasteiger partial charge in [-0.3, -0.25) is 4.79 Å². The van der Waals surface area contributed by atoms with Crippen LogP contribution in [0.25, 0.3) is 0 Å². The van der Waals surface area contributed by atoms with Crippen LogP contribution < -0.4 is 0 Å². The van der Waals surface area contributed by atoms with Crippen molar-refractivity contribution in [2.45, 2.75) is 103 Å². The Bertz CT molecular complexity index is 678. The van der Waals surface area contributed by atoms with E-state index >= 15 is 0 Å². The molecule has 0 aliphatic heterocycles. The highest BCUT2D eigenvalue weighted by atomic mass is 16.6. The van der Waals surface area contributed by atoms with Crippen LogP contribution in [-0.2, 0) is 19.1 Å². The van der Waals surface area contributed by atoms with Gasteiger partial charge in [0.25, 0.3) is 0 Å². The fraction of sp³-hybridized carbons (Fsp3) is 0.769. The molecule has 6 heteroatoms. The Balaban J connectivity index is 2.12. The lowest BCUT2D eigenvalue weighted by molar-refractivity contribution is -0.184. The zero-order valence-corrected chi connectivity index (χ0v) is 20.2. The molecule has 0 heterocycles. The van der Waals surface area contributed by atoms with Crippen molar-refractivity contribution in [2.75, 3.05) is 6.61 Å². The normalized spacial score (nSPS) is 27.5. The van der Waals surface area contributed by atoms with E-state index in [2.05, 4.69) is 19.1 Å². The molecule has 182 valence electrons. The topological polar surface area (TPSA) is 93.1 Å². The molecular weight excluding hydrogens is 408 g/mol. The first-order valence-corrected chi connectivity index (χ1v) is 12.4. The van der Waals surface area contributed by atoms with Crippen LogP contribution in [-0.4, -0.2) is 46.6 Å². The van der Waals surface area contributed by atoms with Crippen molar-refractivity contribution >= 4 is 11.9 Å². The number of carbonyl (C=O) groups excluding carboxylic acids is 1. The van der Waals surface area contributed by atoms with Crippen LogP contribution in [0.3, 0.4) is 0 Å². The molecule has 2 rings (SSSR count). The second-order valence-electron chi connectivity index (χ2n) is 9.30. The van der Waals surface area contributed by atoms with Gasteiger partial charge in [0.05, 0.1) is 6.10 Å². The summed E-state index contributed by atoms with van der Waals surface area (Å²) in [4.78, 5) is 23.9. The maximum absolute atomic E-state index is 13.2. The Kier molecular flexibility index (Phi) is 10.4. The molecule has 0 unspecified atom stereocenters. The number of carbonyl (C=O) groups is 2. The van der Waals surface area contributed by atoms with Gasteiger partial charge in [0.15, 0.2) is 5.60 Å². The second kappa shape index (κ2) is 12.5. The number of hydrogen-bond acceptors (Lipinski definition) is 5. The summed E-state index contributed by atoms with van der Waals surface area (Å²) in [6, 6.07) is 0. The summed E-state index contributed by atoms with van der Waals surface area (Å²) in [6.07, 6.45) is 11.5. The fourth-order valence-electron chi connectivity index (χ4n) is 5.32. The van der Waals surface area contributed by atoms with Crippen molar-refractivity contribution < 1.29 is 29.3 Å². The number of allylic oxidation sites excluding steroid dienone is 2. The van der Waals surface area contributed by atoms with Crippen LogP contribution >= 0.6 is 0 Å². The largest absolute Gasteiger partial charge is 0.481 e. The predicted octanol–water partition coefficient (Wildman–Crippen LogP) is 5.05. The van der Waals surface area contributed by atoms with E-state index < -0.39 is 17.7 Å². The number of aliphatic carboxylic acids is 1. The second-order valence-corrected chi connectivity index (χ2v) is 9.30. The monoisotopic (exact) mass is 450 g/mol. The van der Waals surface area contributed by atoms with E-state index in [4.69, 9.17) is 14.6 Å². The van der Waals surface area contributed by atoms with Crippen molar-refractivity contribution in [1.29, 1.82) is 0 Å². The summed E-state index contributed by atoms with van der Waals surface area (Å²) < 4.78 is 12.0. The first kappa shape index (κ1) is 26.6. The molecule has 0 saturated heterocycles. The molecule has 0 aromatic heterocycles. The van der Waals surface area contributed by atoms with Crippen molar-refractivity contribution in [3.05, 3.63) is 23.8 Å². The number of fused-ring (bicyclic) bond motifs is 1. The standard InChI is InChI=1S/C26H42O6/c1-5-26(6-2,31-7-3)25(30)32-22-17-20(27)16-19-15-14-18(4)21(24(19)22)12-10-8-9-11-13-23(28)29/h14-16,18,20-22,24,27H,5-13,17H2,1-4H3,(H,28,29)/t18-,20+,21-,22-,24-/m0/s1. The summed E-state index contributed by atoms with van der Waals surface area (Å²) in [5, 5.41) is 19.2. The number of aliphatic hydroxyl groups is 1. The Labute approximate surface area is 193 Å². The molecule has 2 aliphatic rings. The van der Waals surface area contributed by atoms with Crippen molar-refractivity contribution in [3.8, 4) is 0 Å². The Hall–Kier alpha value is -1.66. The number of aliphatic hydroxyl groups excluding tert-OH is 1. The lowest BCUT2D eigenvalue weighted by atomic mass is 9.66. The maximum atomic E-state index is 13.2. The van der Waals surface area contributed by atoms with Gasteiger partial charge in [0, 0.05) is 25.4 Å². The van der Waals surface area contributed by atoms with E-state index in [1.54, 1.807) is 0 Å². The van der Waals surface area contributed by atoms with E-state index in [1.807, 2.05) is 26.8 Å². The van der Waals surface area contributed by atoms with E-state index in [1.165, 1.54) is 0 Å². The molecule has 6 nitrogen and oxygen atoms in total. The van der Waals surface area contributed by atoms with Gasteiger partial charge in [0.2, 0.25) is 0 Å². The van der Waals surface area contributed by atoms with E-state index in [9.17, 15) is 14.7 Å². The molecule has 0 amide bonds. The van der Waals surface area contributed by atoms with Gasteiger partial charge < -0.3 is 19.7 Å². The van der Waals surface area contributed by atoms with E-state index in [-0.39, 0.29) is 24.4 Å². The van der Waals surface area contributed by atoms with E-state index in [0.717, 1.165) is 31.3 Å². The summed E-state index contributed by atoms with van der Waals surface area (Å²) in [7, 11) is 0. The van der Waals surface area contributed by atoms with Crippen molar-refractivity contribution in [1.82, 2.24) is 0 Å². The smallest absolute Gasteiger partial charge is 0.338 e. The van der Waals surface area contributed by atoms with Crippen LogP contribution in [0.2, 0.25) is 0 Å². The molecule has 2 aliphatic carbocycles. The molecule has 2 N–H and O–H groups in total. The van der Waals surface area contributed by atoms with Gasteiger partial charge in [-0.15, -0.1) is 0 Å². The summed E-state index contributed by atoms with van der Waals surface area (Å²) in [6.45, 7) is 8.43. The van der Waals surface area contributed by atoms with Gasteiger partial charge in [-0.25, -0.2) is 4.79 Å². The Morgan fingerprint density at radius 1 is 1.12 bits per heavy atom. The van der Waals surface area contributed by atoms with Crippen LogP contribution in [0.15, 0.2) is 23.8 Å². The minimum Gasteiger partial charge on any atom is -0.481 e. The minimum absolute atomic E-state index is 0.0643. The molecule has 0 aromatic rings. The van der Waals surface area contributed by atoms with Gasteiger partial charge in [0.1, 0.15) is 6.10 Å². The molecule has 0 aromatic carbocycles. The van der Waals surface area contributed by atoms with Gasteiger partial charge in [-0.1, -0.05) is 58.3 Å². The summed E-state index contributed by atoms with van der Waals surface area (Å²) in [5.41, 5.74) is 0.127. The zero-order chi connectivity index (χ0) is 23.7. The number of unbranched alkanes of at least 4 members (excludes halogenated alkanes) is 3. The van der Waals surface area contributed by atoms with Gasteiger partial charge in [-0.05, 0) is 50.0 Å². The highest BCUT2D eigenvalue weighted by Crippen LogP contribution is 2.44. The molecule has 0 bridgehead atoms. The van der Waals surface area contributed by atoms with E-state index in [0.29, 0.717) is 44.1 Å². The predicted molar refractivity (Wildman–Crippen MR) is 124 cm³/mol. The molecular formula is C26H42O6. The van der Waals surface area contributed by atoms with Crippen LogP contribution in [0.1, 0.15) is 85.5 Å². The van der Waals surface area contributed by atoms with Crippen LogP contribution in [0, 0.1) is 17.8 Å². The molecule has 0 radical (unpaired) electrons. The highest BCUT2D eigenvalue weighted by molar-refractivity contribution is 5.79. The minimum atomic E-state index is -0.934. The van der Waals surface area contributed by atoms with Crippen LogP contribution in [0.4, 0.5) is 0 Å². The number of carboxylic acid groups (broad SMARTS) is 1. The lowest BCUT2D eigenvalue weighted by Crippen LogP contribution is -2.48. The third-order valence-corrected chi connectivity index (χ3v) is 7.24. The average molecular weight is 451 g/mol. The average Bonchev–Trinajstić information content (AvgIpc) is 2.75. The number of esters is 1. The molecule has 32 heavy (non-hydrogen) atoms. The maximum Gasteiger partial charge on any atom is 0.338 e. The van der Waals surface area contributed by atoms with Crippen LogP contribution in [0.5, 0.6) is 0 Å². The van der Waals surface area contributed by atoms with Gasteiger partial charge in [-0.2, -0.15) is 0 Å². The third kappa shape index (κ3) is 6.67. The zero-order valence-electron chi connectivity index (χ0n) is 20.2. The highest BCUT2D eigenvalue weighted by Gasteiger charge is 2.45. The molecule has 0 fully saturated rings. The fourth-order valence-corrected chi connectivity index (χ4v) is 5.32.